The molecule has 20 heavy (non-hydrogen) atoms. The molecule has 6 heteroatoms. The van der Waals surface area contributed by atoms with Crippen molar-refractivity contribution < 1.29 is 4.74 Å². The Morgan fingerprint density at radius 1 is 1.40 bits per heavy atom. The van der Waals surface area contributed by atoms with Crippen molar-refractivity contribution in [3.63, 3.8) is 0 Å². The van der Waals surface area contributed by atoms with Gasteiger partial charge in [-0.05, 0) is 19.4 Å². The lowest BCUT2D eigenvalue weighted by Crippen LogP contribution is -2.43. The van der Waals surface area contributed by atoms with Gasteiger partial charge in [0.1, 0.15) is 6.33 Å². The highest BCUT2D eigenvalue weighted by molar-refractivity contribution is 5.64. The Labute approximate surface area is 121 Å². The van der Waals surface area contributed by atoms with Crippen LogP contribution in [0, 0.1) is 0 Å². The third-order valence-electron chi connectivity index (χ3n) is 4.11. The lowest BCUT2D eigenvalue weighted by molar-refractivity contribution is 0.220. The number of nitrogens with zero attached hydrogens (tertiary/aromatic N) is 4. The Bertz CT molecular complexity index is 432. The number of hydrogen-bond donors (Lipinski definition) is 1. The Morgan fingerprint density at radius 3 is 2.65 bits per heavy atom. The van der Waals surface area contributed by atoms with Crippen LogP contribution in [0.5, 0.6) is 5.75 Å². The first kappa shape index (κ1) is 14.8. The predicted molar refractivity (Wildman–Crippen MR) is 81.7 cm³/mol. The zero-order valence-electron chi connectivity index (χ0n) is 12.9. The Kier molecular flexibility index (Phi) is 5.00. The molecule has 1 saturated heterocycles. The fourth-order valence-electron chi connectivity index (χ4n) is 2.78. The quantitative estimate of drug-likeness (QED) is 0.880. The summed E-state index contributed by atoms with van der Waals surface area (Å²) in [6, 6.07) is 0.506. The van der Waals surface area contributed by atoms with Crippen LogP contribution in [-0.2, 0) is 0 Å². The minimum absolute atomic E-state index is 0.506. The lowest BCUT2D eigenvalue weighted by atomic mass is 10.0. The third-order valence-corrected chi connectivity index (χ3v) is 4.11. The Morgan fingerprint density at radius 2 is 2.10 bits per heavy atom. The van der Waals surface area contributed by atoms with Gasteiger partial charge in [0.25, 0.3) is 0 Å². The highest BCUT2D eigenvalue weighted by Gasteiger charge is 2.25. The summed E-state index contributed by atoms with van der Waals surface area (Å²) in [4.78, 5) is 13.3. The molecule has 0 radical (unpaired) electrons. The lowest BCUT2D eigenvalue weighted by Gasteiger charge is -2.37. The van der Waals surface area contributed by atoms with Gasteiger partial charge in [-0.3, -0.25) is 0 Å². The van der Waals surface area contributed by atoms with Crippen LogP contribution < -0.4 is 15.0 Å². The summed E-state index contributed by atoms with van der Waals surface area (Å²) in [6.45, 7) is 5.66. The molecule has 0 saturated carbocycles. The van der Waals surface area contributed by atoms with E-state index in [-0.39, 0.29) is 0 Å². The zero-order valence-corrected chi connectivity index (χ0v) is 12.9. The number of piperidine rings is 1. The van der Waals surface area contributed by atoms with E-state index in [9.17, 15) is 0 Å². The molecule has 1 aromatic heterocycles. The van der Waals surface area contributed by atoms with Gasteiger partial charge >= 0.3 is 0 Å². The maximum Gasteiger partial charge on any atom is 0.204 e. The van der Waals surface area contributed by atoms with Gasteiger partial charge in [0, 0.05) is 33.2 Å². The summed E-state index contributed by atoms with van der Waals surface area (Å²) in [5, 5.41) is 3.05. The summed E-state index contributed by atoms with van der Waals surface area (Å²) >= 11 is 0. The third kappa shape index (κ3) is 2.95. The van der Waals surface area contributed by atoms with Crippen molar-refractivity contribution in [2.75, 3.05) is 51.1 Å². The normalized spacial score (nSPS) is 17.0. The molecule has 0 spiro atoms. The second kappa shape index (κ2) is 6.74. The van der Waals surface area contributed by atoms with Crippen molar-refractivity contribution in [2.24, 2.45) is 0 Å². The van der Waals surface area contributed by atoms with Crippen LogP contribution in [-0.4, -0.2) is 61.7 Å². The fourth-order valence-corrected chi connectivity index (χ4v) is 2.78. The number of likely N-dealkylation sites (tertiary alicyclic amines) is 1. The molecule has 0 aromatic carbocycles. The van der Waals surface area contributed by atoms with E-state index in [0.717, 1.165) is 49.9 Å². The van der Waals surface area contributed by atoms with E-state index in [1.807, 2.05) is 7.05 Å². The number of aromatic nitrogens is 2. The van der Waals surface area contributed by atoms with Crippen molar-refractivity contribution in [3.8, 4) is 5.75 Å². The molecule has 2 rings (SSSR count). The molecule has 2 heterocycles. The standard InChI is InChI=1S/C14H25N5O/c1-5-19-8-6-11(7-9-19)18(3)14-12(20-4)13(15-2)16-10-17-14/h10-11H,5-9H2,1-4H3,(H,15,16,17). The van der Waals surface area contributed by atoms with E-state index in [1.165, 1.54) is 0 Å². The molecule has 1 aromatic rings. The summed E-state index contributed by atoms with van der Waals surface area (Å²) in [6.07, 6.45) is 3.90. The van der Waals surface area contributed by atoms with E-state index < -0.39 is 0 Å². The number of anilines is 2. The summed E-state index contributed by atoms with van der Waals surface area (Å²) < 4.78 is 5.48. The summed E-state index contributed by atoms with van der Waals surface area (Å²) in [5.74, 6) is 2.31. The number of nitrogens with one attached hydrogen (secondary N) is 1. The van der Waals surface area contributed by atoms with Gasteiger partial charge in [-0.2, -0.15) is 0 Å². The van der Waals surface area contributed by atoms with E-state index in [4.69, 9.17) is 4.74 Å². The number of methoxy groups -OCH3 is 1. The monoisotopic (exact) mass is 279 g/mol. The van der Waals surface area contributed by atoms with Crippen LogP contribution in [0.25, 0.3) is 0 Å². The Balaban J connectivity index is 2.15. The van der Waals surface area contributed by atoms with Crippen LogP contribution in [0.3, 0.4) is 0 Å². The number of rotatable bonds is 5. The van der Waals surface area contributed by atoms with E-state index in [1.54, 1.807) is 13.4 Å². The second-order valence-electron chi connectivity index (χ2n) is 5.11. The average Bonchev–Trinajstić information content (AvgIpc) is 2.53. The molecule has 112 valence electrons. The molecular formula is C14H25N5O. The largest absolute Gasteiger partial charge is 0.490 e. The van der Waals surface area contributed by atoms with Gasteiger partial charge < -0.3 is 19.9 Å². The highest BCUT2D eigenvalue weighted by atomic mass is 16.5. The molecule has 0 unspecified atom stereocenters. The predicted octanol–water partition coefficient (Wildman–Crippen LogP) is 1.45. The number of ether oxygens (including phenoxy) is 1. The average molecular weight is 279 g/mol. The summed E-state index contributed by atoms with van der Waals surface area (Å²) in [5.41, 5.74) is 0. The van der Waals surface area contributed by atoms with Crippen LogP contribution >= 0.6 is 0 Å². The molecule has 0 aliphatic carbocycles. The van der Waals surface area contributed by atoms with Gasteiger partial charge in [-0.1, -0.05) is 6.92 Å². The van der Waals surface area contributed by atoms with Crippen molar-refractivity contribution in [1.29, 1.82) is 0 Å². The molecule has 6 nitrogen and oxygen atoms in total. The van der Waals surface area contributed by atoms with Crippen LogP contribution in [0.1, 0.15) is 19.8 Å². The fraction of sp³-hybridized carbons (Fsp3) is 0.714. The molecule has 1 aliphatic rings. The van der Waals surface area contributed by atoms with Gasteiger partial charge in [0.15, 0.2) is 11.6 Å². The first-order valence-electron chi connectivity index (χ1n) is 7.23. The van der Waals surface area contributed by atoms with Gasteiger partial charge in [0.2, 0.25) is 5.75 Å². The first-order chi connectivity index (χ1) is 9.71. The Hall–Kier alpha value is -1.56. The van der Waals surface area contributed by atoms with Gasteiger partial charge in [-0.15, -0.1) is 0 Å². The van der Waals surface area contributed by atoms with Crippen molar-refractivity contribution in [2.45, 2.75) is 25.8 Å². The molecule has 1 fully saturated rings. The van der Waals surface area contributed by atoms with Crippen molar-refractivity contribution in [3.05, 3.63) is 6.33 Å². The smallest absolute Gasteiger partial charge is 0.204 e. The van der Waals surface area contributed by atoms with Crippen LogP contribution in [0.4, 0.5) is 11.6 Å². The topological polar surface area (TPSA) is 53.5 Å². The first-order valence-corrected chi connectivity index (χ1v) is 7.23. The minimum atomic E-state index is 0.506. The maximum absolute atomic E-state index is 5.48. The van der Waals surface area contributed by atoms with E-state index >= 15 is 0 Å². The van der Waals surface area contributed by atoms with Gasteiger partial charge in [0.05, 0.1) is 7.11 Å². The highest BCUT2D eigenvalue weighted by Crippen LogP contribution is 2.33. The molecule has 0 atom stereocenters. The molecule has 0 bridgehead atoms. The second-order valence-corrected chi connectivity index (χ2v) is 5.11. The SMILES string of the molecule is CCN1CCC(N(C)c2ncnc(NC)c2OC)CC1. The molecular weight excluding hydrogens is 254 g/mol. The molecule has 1 aliphatic heterocycles. The van der Waals surface area contributed by atoms with E-state index in [0.29, 0.717) is 6.04 Å². The van der Waals surface area contributed by atoms with E-state index in [2.05, 4.69) is 39.1 Å². The maximum atomic E-state index is 5.48. The number of hydrogen-bond acceptors (Lipinski definition) is 6. The molecule has 0 amide bonds. The van der Waals surface area contributed by atoms with Crippen LogP contribution in [0.15, 0.2) is 6.33 Å². The van der Waals surface area contributed by atoms with Crippen molar-refractivity contribution >= 4 is 11.6 Å². The van der Waals surface area contributed by atoms with Crippen molar-refractivity contribution in [1.82, 2.24) is 14.9 Å². The van der Waals surface area contributed by atoms with Crippen LogP contribution in [0.2, 0.25) is 0 Å². The van der Waals surface area contributed by atoms with Gasteiger partial charge in [-0.25, -0.2) is 9.97 Å². The zero-order chi connectivity index (χ0) is 14.5. The summed E-state index contributed by atoms with van der Waals surface area (Å²) in [7, 11) is 5.60. The molecule has 1 N–H and O–H groups in total. The minimum Gasteiger partial charge on any atom is -0.490 e.